The Bertz CT molecular complexity index is 1540. The molecule has 2 unspecified atom stereocenters. The second-order valence-corrected chi connectivity index (χ2v) is 10.5. The van der Waals surface area contributed by atoms with Gasteiger partial charge in [-0.25, -0.2) is 15.0 Å². The van der Waals surface area contributed by atoms with E-state index in [0.29, 0.717) is 24.6 Å². The SMILES string of the molecule is NCN1CC2CC(C1)N2Cc1ccc(-n2c(-c3cccnc3N)nc3ccc(C4=CCCC=C4)nc32)cc1. The second kappa shape index (κ2) is 9.47. The van der Waals surface area contributed by atoms with Gasteiger partial charge in [-0.05, 0) is 66.8 Å². The first-order chi connectivity index (χ1) is 18.7. The van der Waals surface area contributed by atoms with E-state index in [4.69, 9.17) is 21.4 Å². The third-order valence-electron chi connectivity index (χ3n) is 8.11. The van der Waals surface area contributed by atoms with E-state index in [1.54, 1.807) is 6.20 Å². The van der Waals surface area contributed by atoms with Crippen LogP contribution in [-0.2, 0) is 6.54 Å². The van der Waals surface area contributed by atoms with Crippen molar-refractivity contribution in [2.45, 2.75) is 37.9 Å². The fraction of sp³-hybridized carbons (Fsp3) is 0.300. The standard InChI is InChI=1S/C30H32N8/c31-19-36-17-23-15-24(18-36)37(23)16-20-8-10-22(11-9-20)38-29(25-7-4-14-33-28(25)32)35-27-13-12-26(34-30(27)38)21-5-2-1-3-6-21/h2,4-14,23-24H,1,3,15-19,31H2,(H2,32,33). The number of hydrogen-bond acceptors (Lipinski definition) is 7. The summed E-state index contributed by atoms with van der Waals surface area (Å²) in [5.74, 6) is 1.20. The lowest BCUT2D eigenvalue weighted by Gasteiger charge is -2.56. The number of pyridine rings is 2. The van der Waals surface area contributed by atoms with Gasteiger partial charge in [-0.1, -0.05) is 30.4 Å². The molecule has 0 spiro atoms. The van der Waals surface area contributed by atoms with Crippen molar-refractivity contribution in [2.24, 2.45) is 5.73 Å². The zero-order chi connectivity index (χ0) is 25.6. The number of fused-ring (bicyclic) bond motifs is 3. The van der Waals surface area contributed by atoms with Gasteiger partial charge in [0.2, 0.25) is 0 Å². The Morgan fingerprint density at radius 1 is 0.947 bits per heavy atom. The Labute approximate surface area is 222 Å². The number of aromatic nitrogens is 4. The van der Waals surface area contributed by atoms with Gasteiger partial charge in [0, 0.05) is 50.3 Å². The van der Waals surface area contributed by atoms with E-state index in [0.717, 1.165) is 72.0 Å². The molecule has 2 bridgehead atoms. The fourth-order valence-electron chi connectivity index (χ4n) is 6.10. The molecule has 38 heavy (non-hydrogen) atoms. The van der Waals surface area contributed by atoms with Crippen molar-refractivity contribution in [1.29, 1.82) is 0 Å². The number of nitrogens with zero attached hydrogens (tertiary/aromatic N) is 6. The van der Waals surface area contributed by atoms with Crippen molar-refractivity contribution in [3.8, 4) is 17.1 Å². The summed E-state index contributed by atoms with van der Waals surface area (Å²) in [6, 6.07) is 18.0. The maximum absolute atomic E-state index is 6.31. The summed E-state index contributed by atoms with van der Waals surface area (Å²) >= 11 is 0. The van der Waals surface area contributed by atoms with Gasteiger partial charge in [0.05, 0.1) is 11.3 Å². The summed E-state index contributed by atoms with van der Waals surface area (Å²) in [6.45, 7) is 3.76. The molecule has 192 valence electrons. The highest BCUT2D eigenvalue weighted by Gasteiger charge is 2.43. The number of piperidine rings is 1. The molecular weight excluding hydrogens is 472 g/mol. The molecule has 3 aliphatic heterocycles. The number of rotatable bonds is 6. The molecule has 3 fully saturated rings. The molecule has 1 aromatic carbocycles. The van der Waals surface area contributed by atoms with Gasteiger partial charge in [0.15, 0.2) is 11.5 Å². The molecule has 8 rings (SSSR count). The Kier molecular flexibility index (Phi) is 5.80. The molecule has 0 radical (unpaired) electrons. The zero-order valence-corrected chi connectivity index (χ0v) is 21.4. The Hall–Kier alpha value is -3.85. The van der Waals surface area contributed by atoms with Crippen LogP contribution < -0.4 is 11.5 Å². The van der Waals surface area contributed by atoms with Crippen LogP contribution in [0.3, 0.4) is 0 Å². The minimum absolute atomic E-state index is 0.453. The largest absolute Gasteiger partial charge is 0.383 e. The minimum atomic E-state index is 0.453. The van der Waals surface area contributed by atoms with Crippen molar-refractivity contribution in [2.75, 3.05) is 25.5 Å². The van der Waals surface area contributed by atoms with E-state index in [2.05, 4.69) is 74.0 Å². The van der Waals surface area contributed by atoms with Crippen LogP contribution in [0.4, 0.5) is 5.82 Å². The molecule has 4 aliphatic rings. The van der Waals surface area contributed by atoms with Crippen LogP contribution in [0, 0.1) is 0 Å². The number of piperazine rings is 1. The van der Waals surface area contributed by atoms with E-state index >= 15 is 0 Å². The van der Waals surface area contributed by atoms with Crippen LogP contribution >= 0.6 is 0 Å². The molecule has 4 aromatic rings. The molecule has 0 saturated carbocycles. The Morgan fingerprint density at radius 2 is 1.79 bits per heavy atom. The van der Waals surface area contributed by atoms with Crippen LogP contribution in [0.15, 0.2) is 73.0 Å². The maximum Gasteiger partial charge on any atom is 0.165 e. The number of hydrogen-bond donors (Lipinski definition) is 2. The molecule has 8 heteroatoms. The normalized spacial score (nSPS) is 21.4. The van der Waals surface area contributed by atoms with Crippen molar-refractivity contribution in [1.82, 2.24) is 29.3 Å². The van der Waals surface area contributed by atoms with Gasteiger partial charge in [-0.2, -0.15) is 0 Å². The highest BCUT2D eigenvalue weighted by atomic mass is 15.4. The lowest BCUT2D eigenvalue weighted by atomic mass is 9.87. The quantitative estimate of drug-likeness (QED) is 0.410. The number of nitrogen functional groups attached to an aromatic ring is 1. The van der Waals surface area contributed by atoms with Crippen molar-refractivity contribution >= 4 is 22.6 Å². The predicted molar refractivity (Wildman–Crippen MR) is 151 cm³/mol. The van der Waals surface area contributed by atoms with E-state index in [1.807, 2.05) is 12.1 Å². The van der Waals surface area contributed by atoms with Gasteiger partial charge in [-0.15, -0.1) is 0 Å². The predicted octanol–water partition coefficient (Wildman–Crippen LogP) is 3.97. The number of nitrogens with two attached hydrogens (primary N) is 2. The third kappa shape index (κ3) is 4.01. The summed E-state index contributed by atoms with van der Waals surface area (Å²) in [5, 5.41) is 0. The van der Waals surface area contributed by atoms with Crippen LogP contribution in [0.1, 0.15) is 30.5 Å². The molecule has 4 N–H and O–H groups in total. The lowest BCUT2D eigenvalue weighted by Crippen LogP contribution is -2.68. The first kappa shape index (κ1) is 23.3. The summed E-state index contributed by atoms with van der Waals surface area (Å²) in [6.07, 6.45) is 11.7. The first-order valence-corrected chi connectivity index (χ1v) is 13.4. The number of anilines is 1. The Morgan fingerprint density at radius 3 is 2.53 bits per heavy atom. The summed E-state index contributed by atoms with van der Waals surface area (Å²) < 4.78 is 2.11. The number of imidazole rings is 1. The summed E-state index contributed by atoms with van der Waals surface area (Å²) in [4.78, 5) is 19.4. The zero-order valence-electron chi connectivity index (χ0n) is 21.4. The number of benzene rings is 1. The lowest BCUT2D eigenvalue weighted by molar-refractivity contribution is -0.0740. The van der Waals surface area contributed by atoms with Crippen LogP contribution in [0.5, 0.6) is 0 Å². The molecule has 8 nitrogen and oxygen atoms in total. The van der Waals surface area contributed by atoms with Gasteiger partial charge in [0.1, 0.15) is 11.3 Å². The van der Waals surface area contributed by atoms with Gasteiger partial charge < -0.3 is 11.5 Å². The van der Waals surface area contributed by atoms with Crippen molar-refractivity contribution in [3.63, 3.8) is 0 Å². The summed E-state index contributed by atoms with van der Waals surface area (Å²) in [7, 11) is 0. The van der Waals surface area contributed by atoms with Crippen LogP contribution in [0.2, 0.25) is 0 Å². The van der Waals surface area contributed by atoms with Crippen molar-refractivity contribution < 1.29 is 0 Å². The molecule has 2 atom stereocenters. The van der Waals surface area contributed by atoms with Gasteiger partial charge in [-0.3, -0.25) is 14.4 Å². The maximum atomic E-state index is 6.31. The summed E-state index contributed by atoms with van der Waals surface area (Å²) in [5.41, 5.74) is 19.0. The first-order valence-electron chi connectivity index (χ1n) is 13.4. The third-order valence-corrected chi connectivity index (χ3v) is 8.11. The number of allylic oxidation sites excluding steroid dienone is 4. The average molecular weight is 505 g/mol. The van der Waals surface area contributed by atoms with Crippen LogP contribution in [0.25, 0.3) is 33.8 Å². The van der Waals surface area contributed by atoms with E-state index in [-0.39, 0.29) is 0 Å². The van der Waals surface area contributed by atoms with E-state index in [1.165, 1.54) is 12.0 Å². The topological polar surface area (TPSA) is 102 Å². The minimum Gasteiger partial charge on any atom is -0.383 e. The van der Waals surface area contributed by atoms with Crippen LogP contribution in [-0.4, -0.2) is 61.2 Å². The highest BCUT2D eigenvalue weighted by molar-refractivity contribution is 5.85. The Balaban J connectivity index is 1.27. The average Bonchev–Trinajstić information content (AvgIpc) is 3.35. The smallest absolute Gasteiger partial charge is 0.165 e. The molecule has 6 heterocycles. The molecule has 0 amide bonds. The van der Waals surface area contributed by atoms with Gasteiger partial charge in [0.25, 0.3) is 0 Å². The highest BCUT2D eigenvalue weighted by Crippen LogP contribution is 2.35. The molecule has 1 aliphatic carbocycles. The fourth-order valence-corrected chi connectivity index (χ4v) is 6.10. The molecular formula is C30H32N8. The van der Waals surface area contributed by atoms with Crippen molar-refractivity contribution in [3.05, 3.63) is 84.2 Å². The van der Waals surface area contributed by atoms with E-state index in [9.17, 15) is 0 Å². The molecule has 3 aromatic heterocycles. The second-order valence-electron chi connectivity index (χ2n) is 10.5. The van der Waals surface area contributed by atoms with E-state index < -0.39 is 0 Å². The monoisotopic (exact) mass is 504 g/mol. The molecule has 3 saturated heterocycles. The van der Waals surface area contributed by atoms with Gasteiger partial charge >= 0.3 is 0 Å².